The zero-order chi connectivity index (χ0) is 13.4. The maximum absolute atomic E-state index is 12.7. The summed E-state index contributed by atoms with van der Waals surface area (Å²) < 4.78 is 5.61. The predicted molar refractivity (Wildman–Crippen MR) is 75.2 cm³/mol. The SMILES string of the molecule is Cc1nc(C)c(C(=O)C2CCOc3ccccc32)s1. The zero-order valence-corrected chi connectivity index (χ0v) is 11.8. The van der Waals surface area contributed by atoms with Crippen molar-refractivity contribution in [3.8, 4) is 5.75 Å². The molecular weight excluding hydrogens is 258 g/mol. The number of aromatic nitrogens is 1. The zero-order valence-electron chi connectivity index (χ0n) is 11.0. The number of thiazole rings is 1. The van der Waals surface area contributed by atoms with E-state index in [0.717, 1.165) is 33.3 Å². The number of Topliss-reactive ketones (excluding diaryl/α,β-unsaturated/α-hetero) is 1. The molecule has 1 aliphatic heterocycles. The van der Waals surface area contributed by atoms with E-state index >= 15 is 0 Å². The van der Waals surface area contributed by atoms with Crippen LogP contribution >= 0.6 is 11.3 Å². The Bertz CT molecular complexity index is 633. The lowest BCUT2D eigenvalue weighted by atomic mass is 9.88. The average Bonchev–Trinajstić information content (AvgIpc) is 2.76. The molecule has 2 aromatic rings. The number of hydrogen-bond donors (Lipinski definition) is 0. The van der Waals surface area contributed by atoms with Gasteiger partial charge in [0.15, 0.2) is 5.78 Å². The Morgan fingerprint density at radius 2 is 2.16 bits per heavy atom. The standard InChI is InChI=1S/C15H15NO2S/c1-9-15(19-10(2)16-9)14(17)12-7-8-18-13-6-4-3-5-11(12)13/h3-6,12H,7-8H2,1-2H3. The van der Waals surface area contributed by atoms with Gasteiger partial charge in [-0.15, -0.1) is 11.3 Å². The number of nitrogens with zero attached hydrogens (tertiary/aromatic N) is 1. The number of hydrogen-bond acceptors (Lipinski definition) is 4. The van der Waals surface area contributed by atoms with Gasteiger partial charge in [-0.25, -0.2) is 4.98 Å². The van der Waals surface area contributed by atoms with Crippen molar-refractivity contribution in [2.75, 3.05) is 6.61 Å². The lowest BCUT2D eigenvalue weighted by Crippen LogP contribution is -2.21. The first-order valence-electron chi connectivity index (χ1n) is 6.37. The first-order valence-corrected chi connectivity index (χ1v) is 7.18. The molecule has 1 aromatic heterocycles. The summed E-state index contributed by atoms with van der Waals surface area (Å²) >= 11 is 1.49. The van der Waals surface area contributed by atoms with E-state index in [1.807, 2.05) is 38.1 Å². The van der Waals surface area contributed by atoms with E-state index in [1.165, 1.54) is 11.3 Å². The molecule has 1 aromatic carbocycles. The summed E-state index contributed by atoms with van der Waals surface area (Å²) in [5, 5.41) is 0.946. The van der Waals surface area contributed by atoms with Gasteiger partial charge in [-0.3, -0.25) is 4.79 Å². The van der Waals surface area contributed by atoms with E-state index in [1.54, 1.807) is 0 Å². The van der Waals surface area contributed by atoms with E-state index in [0.29, 0.717) is 6.61 Å². The third-order valence-electron chi connectivity index (χ3n) is 3.40. The van der Waals surface area contributed by atoms with Crippen molar-refractivity contribution in [1.29, 1.82) is 0 Å². The van der Waals surface area contributed by atoms with Crippen molar-refractivity contribution in [3.63, 3.8) is 0 Å². The number of fused-ring (bicyclic) bond motifs is 1. The number of para-hydroxylation sites is 1. The van der Waals surface area contributed by atoms with Crippen LogP contribution in [0.5, 0.6) is 5.75 Å². The van der Waals surface area contributed by atoms with Crippen LogP contribution in [0.15, 0.2) is 24.3 Å². The topological polar surface area (TPSA) is 39.2 Å². The summed E-state index contributed by atoms with van der Waals surface area (Å²) in [5.74, 6) is 0.924. The van der Waals surface area contributed by atoms with Crippen LogP contribution in [0, 0.1) is 13.8 Å². The fraction of sp³-hybridized carbons (Fsp3) is 0.333. The number of carbonyl (C=O) groups is 1. The predicted octanol–water partition coefficient (Wildman–Crippen LogP) is 3.51. The van der Waals surface area contributed by atoms with Gasteiger partial charge in [-0.05, 0) is 26.3 Å². The molecule has 0 saturated carbocycles. The number of carbonyl (C=O) groups excluding carboxylic acids is 1. The third kappa shape index (κ3) is 2.16. The number of ketones is 1. The Morgan fingerprint density at radius 3 is 2.89 bits per heavy atom. The summed E-state index contributed by atoms with van der Waals surface area (Å²) in [4.78, 5) is 17.9. The van der Waals surface area contributed by atoms with Gasteiger partial charge in [-0.1, -0.05) is 18.2 Å². The molecule has 0 amide bonds. The van der Waals surface area contributed by atoms with Crippen LogP contribution in [0.1, 0.15) is 38.3 Å². The van der Waals surface area contributed by atoms with Crippen molar-refractivity contribution in [3.05, 3.63) is 45.4 Å². The van der Waals surface area contributed by atoms with Gasteiger partial charge in [0.1, 0.15) is 5.75 Å². The molecule has 1 unspecified atom stereocenters. The molecule has 0 fully saturated rings. The Kier molecular flexibility index (Phi) is 3.11. The minimum atomic E-state index is -0.0940. The Morgan fingerprint density at radius 1 is 1.37 bits per heavy atom. The van der Waals surface area contributed by atoms with Crippen LogP contribution in [-0.2, 0) is 0 Å². The van der Waals surface area contributed by atoms with E-state index in [2.05, 4.69) is 4.98 Å². The second-order valence-electron chi connectivity index (χ2n) is 4.74. The monoisotopic (exact) mass is 273 g/mol. The Labute approximate surface area is 116 Å². The molecule has 4 heteroatoms. The lowest BCUT2D eigenvalue weighted by molar-refractivity contribution is 0.0936. The van der Waals surface area contributed by atoms with Gasteiger partial charge in [0.05, 0.1) is 28.1 Å². The van der Waals surface area contributed by atoms with Crippen LogP contribution in [0.3, 0.4) is 0 Å². The van der Waals surface area contributed by atoms with Gasteiger partial charge < -0.3 is 4.74 Å². The number of aryl methyl sites for hydroxylation is 2. The molecule has 0 radical (unpaired) electrons. The molecule has 0 spiro atoms. The normalized spacial score (nSPS) is 17.7. The Hall–Kier alpha value is -1.68. The highest BCUT2D eigenvalue weighted by Gasteiger charge is 2.30. The van der Waals surface area contributed by atoms with E-state index in [9.17, 15) is 4.79 Å². The highest BCUT2D eigenvalue weighted by molar-refractivity contribution is 7.13. The Balaban J connectivity index is 2.00. The van der Waals surface area contributed by atoms with E-state index in [-0.39, 0.29) is 11.7 Å². The molecular formula is C15H15NO2S. The molecule has 0 aliphatic carbocycles. The van der Waals surface area contributed by atoms with Crippen molar-refractivity contribution in [1.82, 2.24) is 4.98 Å². The fourth-order valence-electron chi connectivity index (χ4n) is 2.53. The lowest BCUT2D eigenvalue weighted by Gasteiger charge is -2.24. The molecule has 0 saturated heterocycles. The van der Waals surface area contributed by atoms with E-state index in [4.69, 9.17) is 4.74 Å². The molecule has 98 valence electrons. The minimum absolute atomic E-state index is 0.0940. The highest BCUT2D eigenvalue weighted by atomic mass is 32.1. The summed E-state index contributed by atoms with van der Waals surface area (Å²) in [6.45, 7) is 4.44. The molecule has 1 atom stereocenters. The summed E-state index contributed by atoms with van der Waals surface area (Å²) in [6.07, 6.45) is 0.742. The van der Waals surface area contributed by atoms with Crippen molar-refractivity contribution in [2.45, 2.75) is 26.2 Å². The van der Waals surface area contributed by atoms with Crippen LogP contribution in [0.4, 0.5) is 0 Å². The number of benzene rings is 1. The molecule has 2 heterocycles. The number of rotatable bonds is 2. The summed E-state index contributed by atoms with van der Waals surface area (Å²) in [5.41, 5.74) is 1.85. The fourth-order valence-corrected chi connectivity index (χ4v) is 3.45. The first kappa shape index (κ1) is 12.4. The first-order chi connectivity index (χ1) is 9.16. The van der Waals surface area contributed by atoms with Crippen molar-refractivity contribution in [2.24, 2.45) is 0 Å². The average molecular weight is 273 g/mol. The molecule has 0 bridgehead atoms. The van der Waals surface area contributed by atoms with Crippen LogP contribution in [0.25, 0.3) is 0 Å². The van der Waals surface area contributed by atoms with Gasteiger partial charge in [0, 0.05) is 5.56 Å². The van der Waals surface area contributed by atoms with Gasteiger partial charge in [0.25, 0.3) is 0 Å². The van der Waals surface area contributed by atoms with Gasteiger partial charge in [0.2, 0.25) is 0 Å². The highest BCUT2D eigenvalue weighted by Crippen LogP contribution is 2.36. The molecule has 0 N–H and O–H groups in total. The second-order valence-corrected chi connectivity index (χ2v) is 5.94. The maximum atomic E-state index is 12.7. The quantitative estimate of drug-likeness (QED) is 0.786. The van der Waals surface area contributed by atoms with Gasteiger partial charge >= 0.3 is 0 Å². The minimum Gasteiger partial charge on any atom is -0.493 e. The van der Waals surface area contributed by atoms with Crippen LogP contribution < -0.4 is 4.74 Å². The van der Waals surface area contributed by atoms with Gasteiger partial charge in [-0.2, -0.15) is 0 Å². The maximum Gasteiger partial charge on any atom is 0.182 e. The second kappa shape index (κ2) is 4.78. The molecule has 3 nitrogen and oxygen atoms in total. The van der Waals surface area contributed by atoms with Crippen molar-refractivity contribution < 1.29 is 9.53 Å². The van der Waals surface area contributed by atoms with Crippen LogP contribution in [0.2, 0.25) is 0 Å². The summed E-state index contributed by atoms with van der Waals surface area (Å²) in [6, 6.07) is 7.81. The largest absolute Gasteiger partial charge is 0.493 e. The smallest absolute Gasteiger partial charge is 0.182 e. The summed E-state index contributed by atoms with van der Waals surface area (Å²) in [7, 11) is 0. The molecule has 1 aliphatic rings. The van der Waals surface area contributed by atoms with E-state index < -0.39 is 0 Å². The van der Waals surface area contributed by atoms with Crippen molar-refractivity contribution >= 4 is 17.1 Å². The molecule has 19 heavy (non-hydrogen) atoms. The third-order valence-corrected chi connectivity index (χ3v) is 4.49. The molecule has 3 rings (SSSR count). The number of ether oxygens (including phenoxy) is 1. The van der Waals surface area contributed by atoms with Crippen LogP contribution in [-0.4, -0.2) is 17.4 Å².